The summed E-state index contributed by atoms with van der Waals surface area (Å²) in [6, 6.07) is 0. The molecule has 0 N–H and O–H groups in total. The molecule has 3 nitrogen and oxygen atoms in total. The summed E-state index contributed by atoms with van der Waals surface area (Å²) in [5, 5.41) is 25.2. The Kier molecular flexibility index (Phi) is 52.4. The van der Waals surface area contributed by atoms with Crippen LogP contribution in [0.25, 0.3) is 0 Å². The van der Waals surface area contributed by atoms with E-state index in [9.17, 15) is 0 Å². The Bertz CT molecular complexity index is 19.7. The molecule has 0 spiro atoms. The minimum Gasteiger partial charge on any atom is -0.907 e. The average molecular weight is 395 g/mol. The normalized spacial score (nSPS) is 3.86. The fourth-order valence-corrected chi connectivity index (χ4v) is 0. The van der Waals surface area contributed by atoms with E-state index in [0.29, 0.717) is 0 Å². The van der Waals surface area contributed by atoms with Crippen LogP contribution in [0.4, 0.5) is 0 Å². The molecule has 0 aliphatic heterocycles. The summed E-state index contributed by atoms with van der Waals surface area (Å²) in [6.07, 6.45) is 0. The zero-order valence-electron chi connectivity index (χ0n) is 3.44. The summed E-state index contributed by atoms with van der Waals surface area (Å²) in [4.78, 5) is 0. The predicted molar refractivity (Wildman–Crippen MR) is 11.5 cm³/mol. The van der Waals surface area contributed by atoms with Crippen LogP contribution in [-0.2, 0) is 0 Å². The molecule has 0 amide bonds. The van der Waals surface area contributed by atoms with E-state index in [1.54, 1.807) is 0 Å². The van der Waals surface area contributed by atoms with Gasteiger partial charge < -0.3 is 15.1 Å². The van der Waals surface area contributed by atoms with Gasteiger partial charge in [-0.1, -0.05) is 0 Å². The van der Waals surface area contributed by atoms with Gasteiger partial charge in [-0.3, -0.25) is 7.32 Å². The predicted octanol–water partition coefficient (Wildman–Crippen LogP) is -4.33. The molecule has 0 heterocycles. The Balaban J connectivity index is -0.0000000150. The van der Waals surface area contributed by atoms with E-state index in [1.165, 1.54) is 0 Å². The second-order valence-electron chi connectivity index (χ2n) is 0.289. The van der Waals surface area contributed by atoms with E-state index >= 15 is 0 Å². The van der Waals surface area contributed by atoms with Gasteiger partial charge in [0.05, 0.1) is 0 Å². The summed E-state index contributed by atoms with van der Waals surface area (Å²) in [5.74, 6) is 0. The van der Waals surface area contributed by atoms with Crippen LogP contribution in [0.5, 0.6) is 0 Å². The van der Waals surface area contributed by atoms with Gasteiger partial charge in [-0.25, -0.2) is 0 Å². The zero-order chi connectivity index (χ0) is 3.58. The van der Waals surface area contributed by atoms with Crippen molar-refractivity contribution >= 4 is 45.1 Å². The van der Waals surface area contributed by atoms with Crippen LogP contribution in [0.3, 0.4) is 0 Å². The third kappa shape index (κ3) is 41.8. The van der Waals surface area contributed by atoms with Crippen LogP contribution in [0.2, 0.25) is 0 Å². The Hall–Kier alpha value is 3.72. The van der Waals surface area contributed by atoms with E-state index in [1.807, 2.05) is 0 Å². The van der Waals surface area contributed by atoms with Gasteiger partial charge in [0.15, 0.2) is 0 Å². The second kappa shape index (κ2) is 16.4. The van der Waals surface area contributed by atoms with E-state index < -0.39 is 7.32 Å². The van der Waals surface area contributed by atoms with Crippen molar-refractivity contribution in [3.05, 3.63) is 0 Å². The summed E-state index contributed by atoms with van der Waals surface area (Å²) in [6.45, 7) is 0. The van der Waals surface area contributed by atoms with E-state index in [2.05, 4.69) is 0 Å². The maximum Gasteiger partial charge on any atom is 3.00 e. The zero-order valence-corrected chi connectivity index (χ0v) is 11.5. The van der Waals surface area contributed by atoms with Crippen molar-refractivity contribution in [2.75, 3.05) is 0 Å². The van der Waals surface area contributed by atoms with Crippen LogP contribution < -0.4 is 15.1 Å². The molecule has 0 aliphatic rings. The van der Waals surface area contributed by atoms with Crippen molar-refractivity contribution in [2.45, 2.75) is 0 Å². The number of hydrogen-bond donors (Lipinski definition) is 0. The molecule has 0 rings (SSSR count). The molecule has 0 bridgehead atoms. The molecule has 7 heavy (non-hydrogen) atoms. The maximum atomic E-state index is 8.42. The second-order valence-corrected chi connectivity index (χ2v) is 0.289. The Morgan fingerprint density at radius 1 is 1.00 bits per heavy atom. The van der Waals surface area contributed by atoms with Crippen LogP contribution in [0, 0.1) is 75.5 Å². The third-order valence-electron chi connectivity index (χ3n) is 0. The van der Waals surface area contributed by atoms with Crippen molar-refractivity contribution in [3.63, 3.8) is 0 Å². The molecular weight excluding hydrogens is 395 g/mol. The maximum absolute atomic E-state index is 8.42. The van der Waals surface area contributed by atoms with E-state index in [4.69, 9.17) is 15.1 Å². The van der Waals surface area contributed by atoms with Crippen LogP contribution in [0.15, 0.2) is 0 Å². The fraction of sp³-hybridized carbons (Fsp3) is 0. The number of hydrogen-bond acceptors (Lipinski definition) is 3. The van der Waals surface area contributed by atoms with Crippen molar-refractivity contribution in [3.8, 4) is 0 Å². The Labute approximate surface area is 132 Å². The first-order valence-corrected chi connectivity index (χ1v) is 0.707. The summed E-state index contributed by atoms with van der Waals surface area (Å²) in [5.41, 5.74) is 0. The standard InChI is InChI=1S/BO3.Ca.Gd.La/c2-1(3)4;;;/q-3;+2;2*+3. The summed E-state index contributed by atoms with van der Waals surface area (Å²) in [7, 11) is -2.92. The molecule has 29 valence electrons. The first kappa shape index (κ1) is 22.4. The topological polar surface area (TPSA) is 69.2 Å². The molecule has 0 aliphatic carbocycles. The smallest absolute Gasteiger partial charge is 0.907 e. The molecule has 0 aromatic carbocycles. The van der Waals surface area contributed by atoms with Crippen LogP contribution in [0.1, 0.15) is 0 Å². The largest absolute Gasteiger partial charge is 3.00 e. The van der Waals surface area contributed by atoms with Gasteiger partial charge >= 0.3 is 113 Å². The van der Waals surface area contributed by atoms with E-state index in [0.717, 1.165) is 0 Å². The molecule has 7 heteroatoms. The Morgan fingerprint density at radius 2 is 1.00 bits per heavy atom. The van der Waals surface area contributed by atoms with Crippen LogP contribution >= 0.6 is 0 Å². The minimum absolute atomic E-state index is 0. The average Bonchev–Trinajstić information content (AvgIpc) is 0.811. The van der Waals surface area contributed by atoms with Gasteiger partial charge in [0.25, 0.3) is 0 Å². The molecule has 0 atom stereocenters. The van der Waals surface area contributed by atoms with Gasteiger partial charge in [0.2, 0.25) is 0 Å². The third-order valence-corrected chi connectivity index (χ3v) is 0. The molecule has 1 radical (unpaired) electrons. The molecule has 0 saturated heterocycles. The van der Waals surface area contributed by atoms with Gasteiger partial charge in [-0.15, -0.1) is 0 Å². The van der Waals surface area contributed by atoms with Crippen molar-refractivity contribution in [1.82, 2.24) is 0 Å². The molecule has 0 aromatic heterocycles. The van der Waals surface area contributed by atoms with Crippen molar-refractivity contribution in [2.24, 2.45) is 0 Å². The molecule has 0 aromatic rings. The first-order chi connectivity index (χ1) is 1.73. The van der Waals surface area contributed by atoms with Crippen molar-refractivity contribution in [1.29, 1.82) is 0 Å². The molecule has 0 saturated carbocycles. The fourth-order valence-electron chi connectivity index (χ4n) is 0. The SMILES string of the molecule is [Ca+2].[Gd+3].[La+3].[O-]B([O-])[O-]. The van der Waals surface area contributed by atoms with Crippen LogP contribution in [-0.4, -0.2) is 45.1 Å². The molecule has 0 unspecified atom stereocenters. The molecule has 0 fully saturated rings. The van der Waals surface area contributed by atoms with E-state index in [-0.39, 0.29) is 113 Å². The van der Waals surface area contributed by atoms with Crippen molar-refractivity contribution < 1.29 is 90.6 Å². The van der Waals surface area contributed by atoms with Gasteiger partial charge in [-0.2, -0.15) is 0 Å². The summed E-state index contributed by atoms with van der Waals surface area (Å²) >= 11 is 0. The van der Waals surface area contributed by atoms with Gasteiger partial charge in [0.1, 0.15) is 0 Å². The number of rotatable bonds is 0. The van der Waals surface area contributed by atoms with Gasteiger partial charge in [0, 0.05) is 0 Å². The Morgan fingerprint density at radius 3 is 1.00 bits per heavy atom. The summed E-state index contributed by atoms with van der Waals surface area (Å²) < 4.78 is 0. The quantitative estimate of drug-likeness (QED) is 0.390. The monoisotopic (exact) mass is 396 g/mol. The first-order valence-electron chi connectivity index (χ1n) is 0.707. The molecular formula is BCaGdLaO3+5. The minimum atomic E-state index is -2.92. The van der Waals surface area contributed by atoms with Gasteiger partial charge in [-0.05, 0) is 0 Å².